The fraction of sp³-hybridized carbons (Fsp3) is 0.375. The van der Waals surface area contributed by atoms with Gasteiger partial charge in [-0.15, -0.1) is 0 Å². The van der Waals surface area contributed by atoms with Crippen molar-refractivity contribution in [1.82, 2.24) is 9.97 Å². The van der Waals surface area contributed by atoms with Crippen molar-refractivity contribution < 1.29 is 18.3 Å². The van der Waals surface area contributed by atoms with Gasteiger partial charge in [-0.05, 0) is 36.2 Å². The average molecular weight is 323 g/mol. The van der Waals surface area contributed by atoms with E-state index in [1.54, 1.807) is 12.4 Å². The van der Waals surface area contributed by atoms with E-state index in [9.17, 15) is 18.3 Å². The summed E-state index contributed by atoms with van der Waals surface area (Å²) in [5.74, 6) is 0.468. The van der Waals surface area contributed by atoms with Crippen molar-refractivity contribution in [2.75, 3.05) is 18.0 Å². The van der Waals surface area contributed by atoms with Crippen LogP contribution in [0, 0.1) is 5.92 Å². The van der Waals surface area contributed by atoms with Crippen LogP contribution in [-0.2, 0) is 12.6 Å². The third kappa shape index (κ3) is 3.61. The van der Waals surface area contributed by atoms with E-state index in [1.807, 2.05) is 17.0 Å². The fourth-order valence-corrected chi connectivity index (χ4v) is 2.80. The van der Waals surface area contributed by atoms with Gasteiger partial charge in [0.15, 0.2) is 0 Å². The Morgan fingerprint density at radius 2 is 1.87 bits per heavy atom. The highest BCUT2D eigenvalue weighted by molar-refractivity contribution is 5.41. The minimum Gasteiger partial charge on any atom is -0.391 e. The lowest BCUT2D eigenvalue weighted by Gasteiger charge is -2.17. The van der Waals surface area contributed by atoms with Crippen LogP contribution in [0.25, 0.3) is 0 Å². The van der Waals surface area contributed by atoms with Gasteiger partial charge >= 0.3 is 6.18 Å². The monoisotopic (exact) mass is 323 g/mol. The topological polar surface area (TPSA) is 49.2 Å². The van der Waals surface area contributed by atoms with Crippen LogP contribution in [0.2, 0.25) is 0 Å². The molecule has 3 heterocycles. The molecule has 122 valence electrons. The van der Waals surface area contributed by atoms with Crippen LogP contribution < -0.4 is 4.90 Å². The third-order valence-corrected chi connectivity index (χ3v) is 4.05. The standard InChI is InChI=1S/C16H16F3N3O/c17-16(18,19)13-1-2-15(21-8-13)22-9-12(14(23)10-22)7-11-3-5-20-6-4-11/h1-6,8,12,14,23H,7,9-10H2/t12-,14+/m1/s1. The Labute approximate surface area is 131 Å². The zero-order valence-electron chi connectivity index (χ0n) is 12.2. The summed E-state index contributed by atoms with van der Waals surface area (Å²) >= 11 is 0. The van der Waals surface area contributed by atoms with Gasteiger partial charge in [0, 0.05) is 37.6 Å². The minimum absolute atomic E-state index is 0.0153. The second-order valence-corrected chi connectivity index (χ2v) is 5.69. The number of aliphatic hydroxyl groups excluding tert-OH is 1. The van der Waals surface area contributed by atoms with Crippen LogP contribution in [0.3, 0.4) is 0 Å². The highest BCUT2D eigenvalue weighted by atomic mass is 19.4. The Balaban J connectivity index is 1.68. The molecule has 1 fully saturated rings. The molecular formula is C16H16F3N3O. The van der Waals surface area contributed by atoms with E-state index in [4.69, 9.17) is 0 Å². The van der Waals surface area contributed by atoms with Gasteiger partial charge in [0.25, 0.3) is 0 Å². The molecule has 1 saturated heterocycles. The molecule has 0 unspecified atom stereocenters. The van der Waals surface area contributed by atoms with Gasteiger partial charge in [0.2, 0.25) is 0 Å². The lowest BCUT2D eigenvalue weighted by molar-refractivity contribution is -0.137. The van der Waals surface area contributed by atoms with Crippen molar-refractivity contribution in [3.63, 3.8) is 0 Å². The number of nitrogens with zero attached hydrogens (tertiary/aromatic N) is 3. The maximum Gasteiger partial charge on any atom is 0.417 e. The van der Waals surface area contributed by atoms with E-state index in [-0.39, 0.29) is 5.92 Å². The zero-order chi connectivity index (χ0) is 16.4. The lowest BCUT2D eigenvalue weighted by atomic mass is 9.97. The first-order chi connectivity index (χ1) is 10.9. The highest BCUT2D eigenvalue weighted by Gasteiger charge is 2.34. The van der Waals surface area contributed by atoms with Crippen LogP contribution >= 0.6 is 0 Å². The van der Waals surface area contributed by atoms with E-state index in [0.29, 0.717) is 25.3 Å². The van der Waals surface area contributed by atoms with Crippen LogP contribution in [0.15, 0.2) is 42.9 Å². The Bertz CT molecular complexity index is 646. The first kappa shape index (κ1) is 15.7. The zero-order valence-corrected chi connectivity index (χ0v) is 12.2. The van der Waals surface area contributed by atoms with Crippen molar-refractivity contribution in [1.29, 1.82) is 0 Å². The van der Waals surface area contributed by atoms with Crippen LogP contribution in [-0.4, -0.2) is 34.3 Å². The van der Waals surface area contributed by atoms with Gasteiger partial charge in [-0.3, -0.25) is 4.98 Å². The van der Waals surface area contributed by atoms with Crippen molar-refractivity contribution in [3.05, 3.63) is 54.0 Å². The van der Waals surface area contributed by atoms with E-state index >= 15 is 0 Å². The van der Waals surface area contributed by atoms with E-state index in [1.165, 1.54) is 6.07 Å². The largest absolute Gasteiger partial charge is 0.417 e. The van der Waals surface area contributed by atoms with Crippen LogP contribution in [0.4, 0.5) is 19.0 Å². The number of aliphatic hydroxyl groups is 1. The second-order valence-electron chi connectivity index (χ2n) is 5.69. The number of hydrogen-bond acceptors (Lipinski definition) is 4. The number of aromatic nitrogens is 2. The first-order valence-corrected chi connectivity index (χ1v) is 7.28. The summed E-state index contributed by atoms with van der Waals surface area (Å²) in [6.45, 7) is 0.927. The lowest BCUT2D eigenvalue weighted by Crippen LogP contribution is -2.22. The number of β-amino-alcohol motifs (C(OH)–C–C–N with tert-alkyl or cyclic N) is 1. The molecule has 4 nitrogen and oxygen atoms in total. The molecule has 2 atom stereocenters. The molecule has 0 aliphatic carbocycles. The first-order valence-electron chi connectivity index (χ1n) is 7.28. The molecule has 3 rings (SSSR count). The Hall–Kier alpha value is -2.15. The van der Waals surface area contributed by atoms with E-state index in [0.717, 1.165) is 17.8 Å². The van der Waals surface area contributed by atoms with Crippen LogP contribution in [0.5, 0.6) is 0 Å². The predicted octanol–water partition coefficient (Wildman–Crippen LogP) is 2.54. The molecule has 1 aliphatic rings. The number of hydrogen-bond donors (Lipinski definition) is 1. The molecular weight excluding hydrogens is 307 g/mol. The Morgan fingerprint density at radius 3 is 2.48 bits per heavy atom. The molecule has 0 amide bonds. The van der Waals surface area contributed by atoms with Crippen molar-refractivity contribution in [2.45, 2.75) is 18.7 Å². The summed E-state index contributed by atoms with van der Waals surface area (Å²) in [4.78, 5) is 9.66. The summed E-state index contributed by atoms with van der Waals surface area (Å²) in [7, 11) is 0. The summed E-state index contributed by atoms with van der Waals surface area (Å²) in [5, 5.41) is 10.2. The van der Waals surface area contributed by atoms with Crippen molar-refractivity contribution in [2.24, 2.45) is 5.92 Å². The number of rotatable bonds is 3. The average Bonchev–Trinajstić information content (AvgIpc) is 2.89. The fourth-order valence-electron chi connectivity index (χ4n) is 2.80. The van der Waals surface area contributed by atoms with Crippen molar-refractivity contribution in [3.8, 4) is 0 Å². The molecule has 2 aromatic heterocycles. The number of halogens is 3. The normalized spacial score (nSPS) is 21.7. The molecule has 2 aromatic rings. The minimum atomic E-state index is -4.39. The highest BCUT2D eigenvalue weighted by Crippen LogP contribution is 2.31. The van der Waals surface area contributed by atoms with Gasteiger partial charge in [-0.2, -0.15) is 13.2 Å². The van der Waals surface area contributed by atoms with Gasteiger partial charge in [-0.25, -0.2) is 4.98 Å². The number of anilines is 1. The quantitative estimate of drug-likeness (QED) is 0.943. The number of pyridine rings is 2. The van der Waals surface area contributed by atoms with Gasteiger partial charge in [-0.1, -0.05) is 0 Å². The smallest absolute Gasteiger partial charge is 0.391 e. The summed E-state index contributed by atoms with van der Waals surface area (Å²) in [5.41, 5.74) is 0.306. The molecule has 1 N–H and O–H groups in total. The summed E-state index contributed by atoms with van der Waals surface area (Å²) in [6, 6.07) is 6.16. The van der Waals surface area contributed by atoms with Gasteiger partial charge in [0.1, 0.15) is 5.82 Å². The third-order valence-electron chi connectivity index (χ3n) is 4.05. The molecule has 7 heteroatoms. The molecule has 0 aromatic carbocycles. The van der Waals surface area contributed by atoms with Crippen molar-refractivity contribution >= 4 is 5.82 Å². The maximum absolute atomic E-state index is 12.6. The predicted molar refractivity (Wildman–Crippen MR) is 78.9 cm³/mol. The molecule has 0 bridgehead atoms. The second kappa shape index (κ2) is 6.16. The summed E-state index contributed by atoms with van der Waals surface area (Å²) < 4.78 is 37.7. The molecule has 1 aliphatic heterocycles. The molecule has 23 heavy (non-hydrogen) atoms. The maximum atomic E-state index is 12.6. The summed E-state index contributed by atoms with van der Waals surface area (Å²) in [6.07, 6.45) is 0.00311. The Morgan fingerprint density at radius 1 is 1.13 bits per heavy atom. The van der Waals surface area contributed by atoms with Crippen LogP contribution in [0.1, 0.15) is 11.1 Å². The molecule has 0 spiro atoms. The molecule has 0 radical (unpaired) electrons. The number of alkyl halides is 3. The van der Waals surface area contributed by atoms with E-state index in [2.05, 4.69) is 9.97 Å². The van der Waals surface area contributed by atoms with Gasteiger partial charge in [0.05, 0.1) is 11.7 Å². The molecule has 0 saturated carbocycles. The Kier molecular flexibility index (Phi) is 4.21. The SMILES string of the molecule is O[C@H]1CN(c2ccc(C(F)(F)F)cn2)C[C@H]1Cc1ccncc1. The van der Waals surface area contributed by atoms with Gasteiger partial charge < -0.3 is 10.0 Å². The van der Waals surface area contributed by atoms with E-state index < -0.39 is 17.8 Å².